The number of nitrogens with zero attached hydrogens (tertiary/aromatic N) is 1. The van der Waals surface area contributed by atoms with Crippen molar-refractivity contribution < 1.29 is 13.6 Å². The van der Waals surface area contributed by atoms with Crippen LogP contribution in [0.25, 0.3) is 66.1 Å². The molecular weight excluding hydrogens is 590 g/mol. The number of furan rings is 2. The molecule has 7 aromatic carbocycles. The zero-order valence-corrected chi connectivity index (χ0v) is 25.8. The van der Waals surface area contributed by atoms with Crippen LogP contribution in [0.15, 0.2) is 160 Å². The Morgan fingerprint density at radius 2 is 0.938 bits per heavy atom. The molecule has 0 aliphatic carbocycles. The molecule has 0 amide bonds. The lowest BCUT2D eigenvalue weighted by molar-refractivity contribution is 0.223. The molecule has 0 saturated carbocycles. The average molecular weight is 618 g/mol. The molecule has 0 bridgehead atoms. The first-order valence-electron chi connectivity index (χ1n) is 16.4. The van der Waals surface area contributed by atoms with Crippen LogP contribution in [0.5, 0.6) is 5.75 Å². The molecule has 4 nitrogen and oxygen atoms in total. The van der Waals surface area contributed by atoms with E-state index in [-0.39, 0.29) is 12.1 Å². The number of hydrogen-bond donors (Lipinski definition) is 0. The highest BCUT2D eigenvalue weighted by Gasteiger charge is 2.47. The molecule has 0 saturated heterocycles. The summed E-state index contributed by atoms with van der Waals surface area (Å²) in [4.78, 5) is 2.45. The molecule has 11 rings (SSSR count). The van der Waals surface area contributed by atoms with Gasteiger partial charge in [-0.1, -0.05) is 91.0 Å². The summed E-state index contributed by atoms with van der Waals surface area (Å²) >= 11 is 0. The summed E-state index contributed by atoms with van der Waals surface area (Å²) in [6, 6.07) is 53.6. The van der Waals surface area contributed by atoms with Crippen molar-refractivity contribution in [3.05, 3.63) is 163 Å². The van der Waals surface area contributed by atoms with Crippen LogP contribution in [-0.4, -0.2) is 0 Å². The standard InChI is InChI=1S/C44H27NO3/c1-2-8-30(9-3-1)45-37-22-26(27-14-18-33-31-10-4-6-12-38(31)46-40(33)23-27)16-20-35(37)44-43(45)36-21-17-29(25-42(36)48-44)28-15-19-34-32-11-5-7-13-39(32)47-41(34)24-28/h1-25,43-44H. The first-order chi connectivity index (χ1) is 23.8. The molecule has 4 heterocycles. The highest BCUT2D eigenvalue weighted by Crippen LogP contribution is 2.59. The van der Waals surface area contributed by atoms with Gasteiger partial charge in [-0.15, -0.1) is 0 Å². The Kier molecular flexibility index (Phi) is 5.19. The zero-order valence-electron chi connectivity index (χ0n) is 25.8. The van der Waals surface area contributed by atoms with E-state index in [1.54, 1.807) is 0 Å². The second kappa shape index (κ2) is 9.63. The maximum atomic E-state index is 6.86. The molecular formula is C44H27NO3. The van der Waals surface area contributed by atoms with Gasteiger partial charge in [-0.2, -0.15) is 0 Å². The van der Waals surface area contributed by atoms with E-state index >= 15 is 0 Å². The number of rotatable bonds is 3. The van der Waals surface area contributed by atoms with Gasteiger partial charge < -0.3 is 18.5 Å². The van der Waals surface area contributed by atoms with Crippen LogP contribution in [0, 0.1) is 0 Å². The maximum absolute atomic E-state index is 6.86. The molecule has 226 valence electrons. The number of ether oxygens (including phenoxy) is 1. The van der Waals surface area contributed by atoms with Crippen LogP contribution < -0.4 is 9.64 Å². The Hall–Kier alpha value is -6.26. The van der Waals surface area contributed by atoms with Crippen molar-refractivity contribution in [2.45, 2.75) is 12.1 Å². The lowest BCUT2D eigenvalue weighted by Crippen LogP contribution is -2.20. The fourth-order valence-electron chi connectivity index (χ4n) is 7.95. The van der Waals surface area contributed by atoms with Gasteiger partial charge in [0.05, 0.1) is 0 Å². The molecule has 0 fully saturated rings. The van der Waals surface area contributed by atoms with E-state index in [1.165, 1.54) is 16.8 Å². The summed E-state index contributed by atoms with van der Waals surface area (Å²) in [5.74, 6) is 0.929. The van der Waals surface area contributed by atoms with E-state index < -0.39 is 0 Å². The van der Waals surface area contributed by atoms with Crippen LogP contribution in [0.1, 0.15) is 23.3 Å². The summed E-state index contributed by atoms with van der Waals surface area (Å²) in [7, 11) is 0. The van der Waals surface area contributed by atoms with Gasteiger partial charge in [0.25, 0.3) is 0 Å². The van der Waals surface area contributed by atoms with E-state index in [2.05, 4.69) is 132 Å². The van der Waals surface area contributed by atoms with E-state index in [1.807, 2.05) is 24.3 Å². The molecule has 4 heteroatoms. The number of hydrogen-bond acceptors (Lipinski definition) is 4. The van der Waals surface area contributed by atoms with Crippen LogP contribution >= 0.6 is 0 Å². The monoisotopic (exact) mass is 617 g/mol. The van der Waals surface area contributed by atoms with E-state index in [4.69, 9.17) is 13.6 Å². The third-order valence-corrected chi connectivity index (χ3v) is 10.2. The highest BCUT2D eigenvalue weighted by molar-refractivity contribution is 6.07. The molecule has 0 N–H and O–H groups in total. The molecule has 2 atom stereocenters. The first-order valence-corrected chi connectivity index (χ1v) is 16.4. The molecule has 2 aliphatic rings. The summed E-state index contributed by atoms with van der Waals surface area (Å²) < 4.78 is 19.3. The SMILES string of the molecule is c1ccc(N2c3cc(-c4ccc5c(c4)oc4ccccc45)ccc3C3Oc4cc(-c5ccc6c(c5)oc5ccccc56)ccc4C32)cc1. The van der Waals surface area contributed by atoms with Gasteiger partial charge in [-0.25, -0.2) is 0 Å². The largest absolute Gasteiger partial charge is 0.483 e. The predicted molar refractivity (Wildman–Crippen MR) is 193 cm³/mol. The lowest BCUT2D eigenvalue weighted by atomic mass is 9.97. The van der Waals surface area contributed by atoms with Crippen molar-refractivity contribution in [2.24, 2.45) is 0 Å². The normalized spacial score (nSPS) is 16.5. The van der Waals surface area contributed by atoms with E-state index in [0.29, 0.717) is 0 Å². The predicted octanol–water partition coefficient (Wildman–Crippen LogP) is 12.1. The van der Waals surface area contributed by atoms with Gasteiger partial charge in [0.1, 0.15) is 34.1 Å². The number of para-hydroxylation sites is 3. The summed E-state index contributed by atoms with van der Waals surface area (Å²) in [5.41, 5.74) is 12.8. The Morgan fingerprint density at radius 3 is 1.60 bits per heavy atom. The van der Waals surface area contributed by atoms with Crippen LogP contribution in [0.3, 0.4) is 0 Å². The summed E-state index contributed by atoms with van der Waals surface area (Å²) in [6.07, 6.45) is -0.116. The molecule has 0 radical (unpaired) electrons. The fourth-order valence-corrected chi connectivity index (χ4v) is 7.95. The zero-order chi connectivity index (χ0) is 31.3. The second-order valence-electron chi connectivity index (χ2n) is 12.8. The van der Waals surface area contributed by atoms with Crippen molar-refractivity contribution in [3.8, 4) is 28.0 Å². The maximum Gasteiger partial charge on any atom is 0.151 e. The van der Waals surface area contributed by atoms with Crippen molar-refractivity contribution in [1.82, 2.24) is 0 Å². The molecule has 9 aromatic rings. The van der Waals surface area contributed by atoms with Crippen molar-refractivity contribution in [2.75, 3.05) is 4.90 Å². The van der Waals surface area contributed by atoms with Crippen LogP contribution in [0.2, 0.25) is 0 Å². The number of fused-ring (bicyclic) bond motifs is 11. The Bertz CT molecular complexity index is 2740. The Labute approximate surface area is 276 Å². The molecule has 48 heavy (non-hydrogen) atoms. The lowest BCUT2D eigenvalue weighted by Gasteiger charge is -2.27. The molecule has 0 spiro atoms. The smallest absolute Gasteiger partial charge is 0.151 e. The van der Waals surface area contributed by atoms with Gasteiger partial charge >= 0.3 is 0 Å². The number of anilines is 2. The second-order valence-corrected chi connectivity index (χ2v) is 12.8. The summed E-state index contributed by atoms with van der Waals surface area (Å²) in [5, 5.41) is 4.55. The van der Waals surface area contributed by atoms with Crippen molar-refractivity contribution >= 4 is 55.3 Å². The fraction of sp³-hybridized carbons (Fsp3) is 0.0455. The average Bonchev–Trinajstić information content (AvgIpc) is 3.89. The van der Waals surface area contributed by atoms with Gasteiger partial charge in [0, 0.05) is 44.0 Å². The topological polar surface area (TPSA) is 38.8 Å². The van der Waals surface area contributed by atoms with Gasteiger partial charge in [-0.3, -0.25) is 0 Å². The minimum absolute atomic E-state index is 0.0254. The quantitative estimate of drug-likeness (QED) is 0.198. The van der Waals surface area contributed by atoms with Crippen LogP contribution in [0.4, 0.5) is 11.4 Å². The molecule has 2 aliphatic heterocycles. The third kappa shape index (κ3) is 3.66. The highest BCUT2D eigenvalue weighted by atomic mass is 16.5. The minimum atomic E-state index is -0.116. The minimum Gasteiger partial charge on any atom is -0.483 e. The first kappa shape index (κ1) is 25.9. The number of benzene rings is 7. The van der Waals surface area contributed by atoms with Gasteiger partial charge in [-0.05, 0) is 82.9 Å². The van der Waals surface area contributed by atoms with E-state index in [0.717, 1.165) is 77.6 Å². The van der Waals surface area contributed by atoms with Gasteiger partial charge in [0.2, 0.25) is 0 Å². The van der Waals surface area contributed by atoms with Crippen molar-refractivity contribution in [1.29, 1.82) is 0 Å². The third-order valence-electron chi connectivity index (χ3n) is 10.2. The molecule has 2 aromatic heterocycles. The molecule has 2 unspecified atom stereocenters. The van der Waals surface area contributed by atoms with Crippen LogP contribution in [-0.2, 0) is 0 Å². The summed E-state index contributed by atoms with van der Waals surface area (Å²) in [6.45, 7) is 0. The van der Waals surface area contributed by atoms with E-state index in [9.17, 15) is 0 Å². The Morgan fingerprint density at radius 1 is 0.417 bits per heavy atom. The Balaban J connectivity index is 0.998. The van der Waals surface area contributed by atoms with Crippen molar-refractivity contribution in [3.63, 3.8) is 0 Å². The van der Waals surface area contributed by atoms with Gasteiger partial charge in [0.15, 0.2) is 6.10 Å².